The van der Waals surface area contributed by atoms with Crippen LogP contribution in [0, 0.1) is 0 Å². The molecule has 0 atom stereocenters. The fourth-order valence-electron chi connectivity index (χ4n) is 0.356. The van der Waals surface area contributed by atoms with E-state index in [0.29, 0.717) is 0 Å². The molecule has 0 aromatic carbocycles. The molecule has 0 spiro atoms. The van der Waals surface area contributed by atoms with Crippen LogP contribution in [0.15, 0.2) is 12.2 Å². The van der Waals surface area contributed by atoms with Crippen LogP contribution in [0.3, 0.4) is 0 Å². The Morgan fingerprint density at radius 1 is 1.14 bits per heavy atom. The molecular formula is C4H2O2Sn. The third-order valence-corrected chi connectivity index (χ3v) is 2.99. The zero-order valence-corrected chi connectivity index (χ0v) is 6.33. The predicted octanol–water partition coefficient (Wildman–Crippen LogP) is -0.686. The van der Waals surface area contributed by atoms with Gasteiger partial charge >= 0.3 is 50.5 Å². The Hall–Kier alpha value is -0.121. The van der Waals surface area contributed by atoms with Crippen LogP contribution in [0.2, 0.25) is 0 Å². The van der Waals surface area contributed by atoms with E-state index in [4.69, 9.17) is 0 Å². The molecule has 1 rings (SSSR count). The summed E-state index contributed by atoms with van der Waals surface area (Å²) in [6, 6.07) is 0. The van der Waals surface area contributed by atoms with Crippen molar-refractivity contribution in [2.75, 3.05) is 0 Å². The maximum atomic E-state index is 10.2. The van der Waals surface area contributed by atoms with Crippen molar-refractivity contribution in [3.05, 3.63) is 12.2 Å². The monoisotopic (exact) mass is 202 g/mol. The van der Waals surface area contributed by atoms with Crippen LogP contribution in [-0.4, -0.2) is 28.7 Å². The van der Waals surface area contributed by atoms with Gasteiger partial charge in [-0.1, -0.05) is 0 Å². The van der Waals surface area contributed by atoms with E-state index in [1.807, 2.05) is 0 Å². The van der Waals surface area contributed by atoms with Crippen molar-refractivity contribution in [2.24, 2.45) is 0 Å². The number of hydrogen-bond acceptors (Lipinski definition) is 2. The Labute approximate surface area is 50.8 Å². The zero-order chi connectivity index (χ0) is 5.28. The summed E-state index contributed by atoms with van der Waals surface area (Å²) < 4.78 is 0.183. The van der Waals surface area contributed by atoms with Crippen LogP contribution in [0.1, 0.15) is 0 Å². The molecule has 2 radical (unpaired) electrons. The van der Waals surface area contributed by atoms with Crippen molar-refractivity contribution < 1.29 is 9.59 Å². The third-order valence-electron chi connectivity index (χ3n) is 0.632. The van der Waals surface area contributed by atoms with E-state index < -0.39 is 21.1 Å². The van der Waals surface area contributed by atoms with Gasteiger partial charge in [0.1, 0.15) is 0 Å². The topological polar surface area (TPSA) is 34.1 Å². The van der Waals surface area contributed by atoms with Crippen molar-refractivity contribution in [1.82, 2.24) is 0 Å². The zero-order valence-electron chi connectivity index (χ0n) is 3.47. The summed E-state index contributed by atoms with van der Waals surface area (Å²) in [5.41, 5.74) is 0. The number of carbonyl (C=O) groups is 2. The normalized spacial score (nSPS) is 18.9. The third kappa shape index (κ3) is 1.12. The van der Waals surface area contributed by atoms with Crippen LogP contribution < -0.4 is 0 Å². The maximum absolute atomic E-state index is 10.2. The molecular weight excluding hydrogens is 199 g/mol. The van der Waals surface area contributed by atoms with Gasteiger partial charge in [0.25, 0.3) is 0 Å². The molecule has 3 heteroatoms. The second-order valence-corrected chi connectivity index (χ2v) is 4.71. The minimum absolute atomic E-state index is 0.0913. The Morgan fingerprint density at radius 3 is 1.71 bits per heavy atom. The molecule has 0 saturated carbocycles. The first kappa shape index (κ1) is 5.02. The first-order chi connectivity index (χ1) is 3.29. The average Bonchev–Trinajstić information content (AvgIpc) is 1.87. The summed E-state index contributed by atoms with van der Waals surface area (Å²) in [6.07, 6.45) is 2.77. The molecule has 0 bridgehead atoms. The molecule has 1 aliphatic heterocycles. The summed E-state index contributed by atoms with van der Waals surface area (Å²) in [4.78, 5) is 20.4. The molecule has 2 nitrogen and oxygen atoms in total. The molecule has 0 aromatic heterocycles. The summed E-state index contributed by atoms with van der Waals surface area (Å²) in [5.74, 6) is 0. The van der Waals surface area contributed by atoms with Crippen LogP contribution >= 0.6 is 0 Å². The second kappa shape index (κ2) is 1.77. The fourth-order valence-corrected chi connectivity index (χ4v) is 2.00. The molecule has 34 valence electrons. The van der Waals surface area contributed by atoms with Crippen LogP contribution in [0.5, 0.6) is 0 Å². The van der Waals surface area contributed by atoms with Gasteiger partial charge in [0.2, 0.25) is 0 Å². The van der Waals surface area contributed by atoms with Gasteiger partial charge in [0.05, 0.1) is 0 Å². The Balaban J connectivity index is 2.76. The summed E-state index contributed by atoms with van der Waals surface area (Å²) >= 11 is -1.24. The van der Waals surface area contributed by atoms with Gasteiger partial charge in [-0.2, -0.15) is 0 Å². The molecule has 0 saturated heterocycles. The summed E-state index contributed by atoms with van der Waals surface area (Å²) in [5, 5.41) is 0. The van der Waals surface area contributed by atoms with E-state index in [0.717, 1.165) is 0 Å². The van der Waals surface area contributed by atoms with Crippen molar-refractivity contribution in [1.29, 1.82) is 0 Å². The molecule has 7 heavy (non-hydrogen) atoms. The van der Waals surface area contributed by atoms with Crippen molar-refractivity contribution in [3.63, 3.8) is 0 Å². The fraction of sp³-hybridized carbons (Fsp3) is 0. The van der Waals surface area contributed by atoms with Gasteiger partial charge in [0.15, 0.2) is 0 Å². The Bertz CT molecular complexity index is 132. The van der Waals surface area contributed by atoms with E-state index >= 15 is 0 Å². The summed E-state index contributed by atoms with van der Waals surface area (Å²) in [7, 11) is 0. The number of carbonyl (C=O) groups excluding carboxylic acids is 2. The molecule has 0 aromatic rings. The van der Waals surface area contributed by atoms with E-state index in [2.05, 4.69) is 0 Å². The van der Waals surface area contributed by atoms with Gasteiger partial charge in [-0.15, -0.1) is 0 Å². The van der Waals surface area contributed by atoms with Crippen LogP contribution in [0.4, 0.5) is 0 Å². The average molecular weight is 201 g/mol. The molecule has 0 amide bonds. The predicted molar refractivity (Wildman–Crippen MR) is 24.9 cm³/mol. The van der Waals surface area contributed by atoms with Crippen molar-refractivity contribution in [2.45, 2.75) is 0 Å². The van der Waals surface area contributed by atoms with Crippen molar-refractivity contribution in [3.8, 4) is 0 Å². The first-order valence-corrected chi connectivity index (χ1v) is 4.67. The van der Waals surface area contributed by atoms with Crippen LogP contribution in [-0.2, 0) is 9.59 Å². The van der Waals surface area contributed by atoms with Gasteiger partial charge in [-0.25, -0.2) is 0 Å². The number of allylic oxidation sites excluding steroid dienone is 2. The molecule has 0 aliphatic carbocycles. The molecule has 0 unspecified atom stereocenters. The number of rotatable bonds is 0. The first-order valence-electron chi connectivity index (χ1n) is 1.82. The van der Waals surface area contributed by atoms with Crippen molar-refractivity contribution >= 4 is 28.7 Å². The Morgan fingerprint density at radius 2 is 1.57 bits per heavy atom. The van der Waals surface area contributed by atoms with Gasteiger partial charge < -0.3 is 0 Å². The quantitative estimate of drug-likeness (QED) is 0.486. The van der Waals surface area contributed by atoms with E-state index in [9.17, 15) is 9.59 Å². The SMILES string of the molecule is O=[C]1C=C[C](=O)[Sn]1. The molecule has 1 heterocycles. The second-order valence-electron chi connectivity index (χ2n) is 1.19. The van der Waals surface area contributed by atoms with E-state index in [-0.39, 0.29) is 7.60 Å². The Kier molecular flexibility index (Phi) is 1.27. The molecule has 0 fully saturated rings. The number of hydrogen-bond donors (Lipinski definition) is 0. The van der Waals surface area contributed by atoms with Gasteiger partial charge in [-0.05, 0) is 0 Å². The summed E-state index contributed by atoms with van der Waals surface area (Å²) in [6.45, 7) is 0. The standard InChI is InChI=1S/C4H2O2.Sn/c5-3-1-2-4-6;/h1-2H;. The minimum atomic E-state index is -1.24. The van der Waals surface area contributed by atoms with E-state index in [1.54, 1.807) is 0 Å². The van der Waals surface area contributed by atoms with Gasteiger partial charge in [0, 0.05) is 0 Å². The van der Waals surface area contributed by atoms with E-state index in [1.165, 1.54) is 12.2 Å². The van der Waals surface area contributed by atoms with Crippen LogP contribution in [0.25, 0.3) is 0 Å². The molecule has 1 aliphatic rings. The van der Waals surface area contributed by atoms with Gasteiger partial charge in [-0.3, -0.25) is 0 Å². The molecule has 0 N–H and O–H groups in total.